The van der Waals surface area contributed by atoms with Gasteiger partial charge in [-0.15, -0.1) is 5.06 Å². The van der Waals surface area contributed by atoms with Gasteiger partial charge in [0.1, 0.15) is 11.4 Å². The first-order valence-electron chi connectivity index (χ1n) is 9.39. The van der Waals surface area contributed by atoms with Crippen molar-refractivity contribution in [2.75, 3.05) is 5.73 Å². The van der Waals surface area contributed by atoms with Crippen molar-refractivity contribution in [3.63, 3.8) is 0 Å². The zero-order valence-corrected chi connectivity index (χ0v) is 17.7. The van der Waals surface area contributed by atoms with E-state index in [1.165, 1.54) is 0 Å². The number of benzene rings is 1. The van der Waals surface area contributed by atoms with Gasteiger partial charge >= 0.3 is 6.09 Å². The van der Waals surface area contributed by atoms with Crippen LogP contribution in [0.3, 0.4) is 0 Å². The molecule has 0 spiro atoms. The maximum atomic E-state index is 12.4. The first-order valence-corrected chi connectivity index (χ1v) is 9.39. The van der Waals surface area contributed by atoms with E-state index in [1.54, 1.807) is 51.1 Å². The van der Waals surface area contributed by atoms with Gasteiger partial charge in [-0.1, -0.05) is 12.2 Å². The lowest BCUT2D eigenvalue weighted by molar-refractivity contribution is -0.172. The Bertz CT molecular complexity index is 834. The Morgan fingerprint density at radius 2 is 1.86 bits per heavy atom. The van der Waals surface area contributed by atoms with Crippen LogP contribution in [0.1, 0.15) is 53.5 Å². The smallest absolute Gasteiger partial charge is 0.432 e. The minimum absolute atomic E-state index is 0.0801. The summed E-state index contributed by atoms with van der Waals surface area (Å²) >= 11 is 0. The quantitative estimate of drug-likeness (QED) is 0.590. The van der Waals surface area contributed by atoms with Crippen molar-refractivity contribution >= 4 is 29.7 Å². The van der Waals surface area contributed by atoms with Crippen molar-refractivity contribution in [3.8, 4) is 5.75 Å². The summed E-state index contributed by atoms with van der Waals surface area (Å²) in [5.41, 5.74) is 6.35. The van der Waals surface area contributed by atoms with E-state index in [9.17, 15) is 14.4 Å². The summed E-state index contributed by atoms with van der Waals surface area (Å²) in [4.78, 5) is 41.2. The molecule has 1 saturated heterocycles. The zero-order valence-electron chi connectivity index (χ0n) is 17.7. The standard InChI is InChI=1S/C21H29N3O5/c1-20(2,3)23-19(27)29-24-17(25)11-14(18(24)26)8-7-13-9-10-15(12-16(13)22)28-21(4,5)6/h7-10,12,14H,11,22H2,1-6H3,(H,23,27). The van der Waals surface area contributed by atoms with Gasteiger partial charge in [0.25, 0.3) is 11.8 Å². The Morgan fingerprint density at radius 1 is 1.21 bits per heavy atom. The molecule has 1 aromatic carbocycles. The van der Waals surface area contributed by atoms with Gasteiger partial charge in [-0.05, 0) is 59.2 Å². The molecule has 0 bridgehead atoms. The maximum Gasteiger partial charge on any atom is 0.432 e. The average molecular weight is 403 g/mol. The Balaban J connectivity index is 2.05. The number of ether oxygens (including phenoxy) is 1. The highest BCUT2D eigenvalue weighted by atomic mass is 16.7. The summed E-state index contributed by atoms with van der Waals surface area (Å²) in [5.74, 6) is -1.25. The minimum Gasteiger partial charge on any atom is -0.488 e. The second kappa shape index (κ2) is 8.14. The van der Waals surface area contributed by atoms with Crippen LogP contribution in [0.5, 0.6) is 5.75 Å². The highest BCUT2D eigenvalue weighted by Gasteiger charge is 2.40. The van der Waals surface area contributed by atoms with E-state index in [-0.39, 0.29) is 12.0 Å². The van der Waals surface area contributed by atoms with Crippen LogP contribution in [0, 0.1) is 5.92 Å². The van der Waals surface area contributed by atoms with Gasteiger partial charge in [-0.25, -0.2) is 4.79 Å². The molecule has 8 heteroatoms. The number of hydrogen-bond acceptors (Lipinski definition) is 6. The van der Waals surface area contributed by atoms with Crippen molar-refractivity contribution in [1.82, 2.24) is 10.4 Å². The molecule has 29 heavy (non-hydrogen) atoms. The normalized spacial score (nSPS) is 17.7. The first kappa shape index (κ1) is 22.3. The largest absolute Gasteiger partial charge is 0.488 e. The Labute approximate surface area is 171 Å². The summed E-state index contributed by atoms with van der Waals surface area (Å²) in [6.45, 7) is 11.1. The predicted molar refractivity (Wildman–Crippen MR) is 110 cm³/mol. The molecule has 158 valence electrons. The Kier molecular flexibility index (Phi) is 6.25. The number of rotatable bonds is 4. The van der Waals surface area contributed by atoms with Gasteiger partial charge in [0.05, 0.1) is 5.92 Å². The summed E-state index contributed by atoms with van der Waals surface area (Å²) in [5, 5.41) is 3.05. The van der Waals surface area contributed by atoms with Crippen LogP contribution in [-0.4, -0.2) is 34.1 Å². The molecule has 1 fully saturated rings. The summed E-state index contributed by atoms with van der Waals surface area (Å²) < 4.78 is 5.77. The summed E-state index contributed by atoms with van der Waals surface area (Å²) in [6.07, 6.45) is 2.32. The van der Waals surface area contributed by atoms with E-state index < -0.39 is 29.4 Å². The lowest BCUT2D eigenvalue weighted by atomic mass is 10.0. The molecule has 2 rings (SSSR count). The van der Waals surface area contributed by atoms with E-state index >= 15 is 0 Å². The molecule has 0 radical (unpaired) electrons. The lowest BCUT2D eigenvalue weighted by Crippen LogP contribution is -2.45. The highest BCUT2D eigenvalue weighted by molar-refractivity contribution is 6.04. The van der Waals surface area contributed by atoms with E-state index in [1.807, 2.05) is 20.8 Å². The third kappa shape index (κ3) is 6.51. The average Bonchev–Trinajstić information content (AvgIpc) is 2.78. The number of nitrogens with one attached hydrogen (secondary N) is 1. The van der Waals surface area contributed by atoms with Crippen molar-refractivity contribution < 1.29 is 24.0 Å². The SMILES string of the molecule is CC(C)(C)NC(=O)ON1C(=O)CC(C=Cc2ccc(OC(C)(C)C)cc2N)C1=O. The molecular formula is C21H29N3O5. The number of amides is 3. The van der Waals surface area contributed by atoms with Crippen LogP contribution in [0.15, 0.2) is 24.3 Å². The Hall–Kier alpha value is -3.03. The monoisotopic (exact) mass is 403 g/mol. The number of nitrogen functional groups attached to an aromatic ring is 1. The third-order valence-electron chi connectivity index (χ3n) is 3.78. The third-order valence-corrected chi connectivity index (χ3v) is 3.78. The second-order valence-electron chi connectivity index (χ2n) is 8.95. The number of hydrogen-bond donors (Lipinski definition) is 2. The lowest BCUT2D eigenvalue weighted by Gasteiger charge is -2.21. The molecule has 1 aromatic rings. The van der Waals surface area contributed by atoms with Crippen LogP contribution < -0.4 is 15.8 Å². The maximum absolute atomic E-state index is 12.4. The molecular weight excluding hydrogens is 374 g/mol. The molecule has 1 aliphatic heterocycles. The fourth-order valence-corrected chi connectivity index (χ4v) is 2.63. The van der Waals surface area contributed by atoms with Crippen LogP contribution in [0.4, 0.5) is 10.5 Å². The zero-order chi connectivity index (χ0) is 22.0. The minimum atomic E-state index is -0.859. The number of nitrogens with zero attached hydrogens (tertiary/aromatic N) is 1. The van der Waals surface area contributed by atoms with Crippen LogP contribution in [-0.2, 0) is 14.4 Å². The van der Waals surface area contributed by atoms with Crippen molar-refractivity contribution in [2.24, 2.45) is 5.92 Å². The van der Waals surface area contributed by atoms with Gasteiger partial charge in [-0.2, -0.15) is 0 Å². The van der Waals surface area contributed by atoms with Gasteiger partial charge in [-0.3, -0.25) is 9.59 Å². The van der Waals surface area contributed by atoms with Crippen molar-refractivity contribution in [1.29, 1.82) is 0 Å². The van der Waals surface area contributed by atoms with Crippen LogP contribution in [0.25, 0.3) is 6.08 Å². The second-order valence-corrected chi connectivity index (χ2v) is 8.95. The number of nitrogens with two attached hydrogens (primary N) is 1. The van der Waals surface area contributed by atoms with Crippen molar-refractivity contribution in [2.45, 2.75) is 59.1 Å². The molecule has 0 aliphatic carbocycles. The number of carbonyl (C=O) groups is 3. The van der Waals surface area contributed by atoms with E-state index in [4.69, 9.17) is 15.3 Å². The summed E-state index contributed by atoms with van der Waals surface area (Å²) in [7, 11) is 0. The van der Waals surface area contributed by atoms with Crippen molar-refractivity contribution in [3.05, 3.63) is 29.8 Å². The molecule has 1 heterocycles. The molecule has 1 unspecified atom stereocenters. The van der Waals surface area contributed by atoms with Gasteiger partial charge in [0.2, 0.25) is 0 Å². The van der Waals surface area contributed by atoms with Crippen LogP contribution >= 0.6 is 0 Å². The van der Waals surface area contributed by atoms with Gasteiger partial charge < -0.3 is 20.6 Å². The number of hydroxylamine groups is 2. The molecule has 8 nitrogen and oxygen atoms in total. The molecule has 0 saturated carbocycles. The highest BCUT2D eigenvalue weighted by Crippen LogP contribution is 2.27. The Morgan fingerprint density at radius 3 is 2.41 bits per heavy atom. The summed E-state index contributed by atoms with van der Waals surface area (Å²) in [6, 6.07) is 5.27. The topological polar surface area (TPSA) is 111 Å². The van der Waals surface area contributed by atoms with Gasteiger partial charge in [0, 0.05) is 23.7 Å². The molecule has 3 N–H and O–H groups in total. The van der Waals surface area contributed by atoms with Gasteiger partial charge in [0.15, 0.2) is 0 Å². The molecule has 1 aliphatic rings. The van der Waals surface area contributed by atoms with E-state index in [0.29, 0.717) is 22.1 Å². The van der Waals surface area contributed by atoms with Crippen LogP contribution in [0.2, 0.25) is 0 Å². The number of carbonyl (C=O) groups excluding carboxylic acids is 3. The van der Waals surface area contributed by atoms with E-state index in [0.717, 1.165) is 0 Å². The fraction of sp³-hybridized carbons (Fsp3) is 0.476. The predicted octanol–water partition coefficient (Wildman–Crippen LogP) is 3.27. The molecule has 3 amide bonds. The molecule has 1 atom stereocenters. The fourth-order valence-electron chi connectivity index (χ4n) is 2.63. The number of imide groups is 1. The number of anilines is 1. The first-order chi connectivity index (χ1) is 13.2. The van der Waals surface area contributed by atoms with E-state index in [2.05, 4.69) is 5.32 Å². The molecule has 0 aromatic heterocycles.